The summed E-state index contributed by atoms with van der Waals surface area (Å²) in [5.41, 5.74) is 0.179. The molecule has 24 heteroatoms. The number of fused-ring (bicyclic) bond motifs is 1. The molecule has 1 aliphatic heterocycles. The summed E-state index contributed by atoms with van der Waals surface area (Å²) in [4.78, 5) is 126. The number of esters is 10. The van der Waals surface area contributed by atoms with E-state index < -0.39 is 94.2 Å². The normalized spacial score (nSPS) is 16.8. The summed E-state index contributed by atoms with van der Waals surface area (Å²) in [6.45, 7) is 13.8. The summed E-state index contributed by atoms with van der Waals surface area (Å²) in [5, 5.41) is 19.4. The quantitative estimate of drug-likeness (QED) is 0.0197. The maximum atomic E-state index is 13.7. The molecule has 0 aromatic heterocycles. The lowest BCUT2D eigenvalue weighted by Crippen LogP contribution is -2.30. The van der Waals surface area contributed by atoms with Crippen LogP contribution in [0.4, 0.5) is 0 Å². The van der Waals surface area contributed by atoms with E-state index in [1.807, 2.05) is 12.1 Å². The van der Waals surface area contributed by atoms with E-state index in [1.165, 1.54) is 12.1 Å². The van der Waals surface area contributed by atoms with Crippen molar-refractivity contribution in [3.05, 3.63) is 107 Å². The summed E-state index contributed by atoms with van der Waals surface area (Å²) in [6.07, 6.45) is 4.90. The zero-order chi connectivity index (χ0) is 65.4. The van der Waals surface area contributed by atoms with Gasteiger partial charge >= 0.3 is 59.7 Å². The summed E-state index contributed by atoms with van der Waals surface area (Å²) in [6, 6.07) is 20.2. The summed E-state index contributed by atoms with van der Waals surface area (Å²) < 4.78 is 54.6. The Balaban J connectivity index is 0.891. The van der Waals surface area contributed by atoms with Crippen LogP contribution in [0.2, 0.25) is 0 Å². The zero-order valence-corrected chi connectivity index (χ0v) is 52.3. The SMILES string of the molecule is C=CC(=O)OCC(C)(C)COC(=O)CCC(=O)OCCc1ccc(OC(=O)C2CCC(C(=O)Oc3ccc(OC(=O)C4CCC(C(=O)Oc5ccc(CCOC(=O)CCC(=O)OCC(C)(C)COC(=O)C=C)cc5)CC4)c4c3SC(=C(C#N)C#N)S4)CC2)cc1. The standard InChI is InChI=1S/C66H72N2O20S2/c1-7-52(69)81-37-65(3,4)39-83-56(73)29-27-54(71)79-33-31-41-9-21-48(22-10-41)85-60(75)43-13-17-45(18-14-43)62(77)87-50-25-26-51(59-58(50)89-64(90-59)47(35-67)36-68)88-63(78)46-19-15-44(16-20-46)61(76)86-49-23-11-42(12-24-49)32-34-80-55(72)28-30-57(74)84-40-66(5,6)38-82-53(70)8-2/h7-12,21-26,43-46H,1-2,13-20,27-34,37-40H2,3-6H3. The Kier molecular flexibility index (Phi) is 26.8. The van der Waals surface area contributed by atoms with Crippen molar-refractivity contribution in [1.82, 2.24) is 0 Å². The fraction of sp³-hybridized carbons (Fsp3) is 0.455. The van der Waals surface area contributed by atoms with Crippen LogP contribution in [0.5, 0.6) is 23.0 Å². The van der Waals surface area contributed by atoms with Gasteiger partial charge < -0.3 is 47.4 Å². The van der Waals surface area contributed by atoms with Gasteiger partial charge in [-0.25, -0.2) is 9.59 Å². The first-order chi connectivity index (χ1) is 43.0. The predicted octanol–water partition coefficient (Wildman–Crippen LogP) is 10.1. The number of thioether (sulfide) groups is 2. The Morgan fingerprint density at radius 1 is 0.456 bits per heavy atom. The first kappa shape index (κ1) is 70.3. The van der Waals surface area contributed by atoms with E-state index in [0.717, 1.165) is 46.8 Å². The maximum Gasteiger partial charge on any atom is 0.330 e. The number of benzene rings is 3. The van der Waals surface area contributed by atoms with Gasteiger partial charge in [0, 0.05) is 35.8 Å². The average molecular weight is 1280 g/mol. The molecular weight excluding hydrogens is 1200 g/mol. The van der Waals surface area contributed by atoms with Crippen LogP contribution in [0.3, 0.4) is 0 Å². The number of carbonyl (C=O) groups excluding carboxylic acids is 10. The lowest BCUT2D eigenvalue weighted by atomic mass is 9.82. The molecule has 6 rings (SSSR count). The molecule has 0 spiro atoms. The van der Waals surface area contributed by atoms with Gasteiger partial charge in [0.15, 0.2) is 0 Å². The highest BCUT2D eigenvalue weighted by molar-refractivity contribution is 8.24. The molecular formula is C66H72N2O20S2. The van der Waals surface area contributed by atoms with Crippen molar-refractivity contribution in [3.8, 4) is 35.1 Å². The number of nitrogens with zero attached hydrogens (tertiary/aromatic N) is 2. The van der Waals surface area contributed by atoms with E-state index in [-0.39, 0.29) is 82.4 Å². The minimum atomic E-state index is -0.633. The van der Waals surface area contributed by atoms with E-state index in [9.17, 15) is 58.5 Å². The second kappa shape index (κ2) is 34.3. The summed E-state index contributed by atoms with van der Waals surface area (Å²) in [5.74, 6) is -6.58. The van der Waals surface area contributed by atoms with E-state index in [4.69, 9.17) is 47.4 Å². The van der Waals surface area contributed by atoms with Crippen molar-refractivity contribution in [1.29, 1.82) is 10.5 Å². The van der Waals surface area contributed by atoms with Crippen LogP contribution < -0.4 is 18.9 Å². The van der Waals surface area contributed by atoms with Crippen molar-refractivity contribution >= 4 is 83.2 Å². The van der Waals surface area contributed by atoms with Crippen molar-refractivity contribution in [2.45, 2.75) is 127 Å². The lowest BCUT2D eigenvalue weighted by Gasteiger charge is -2.26. The average Bonchev–Trinajstić information content (AvgIpc) is 1.64. The number of hydrogen-bond donors (Lipinski definition) is 0. The Labute approximate surface area is 530 Å². The Morgan fingerprint density at radius 2 is 0.756 bits per heavy atom. The van der Waals surface area contributed by atoms with Gasteiger partial charge in [-0.3, -0.25) is 38.4 Å². The molecule has 0 N–H and O–H groups in total. The number of allylic oxidation sites excluding steroid dienone is 1. The fourth-order valence-corrected chi connectivity index (χ4v) is 11.7. The first-order valence-corrected chi connectivity index (χ1v) is 30.9. The molecule has 1 heterocycles. The highest BCUT2D eigenvalue weighted by Gasteiger charge is 2.37. The lowest BCUT2D eigenvalue weighted by molar-refractivity contribution is -0.154. The molecule has 3 aromatic rings. The van der Waals surface area contributed by atoms with Crippen molar-refractivity contribution in [2.24, 2.45) is 34.5 Å². The number of nitriles is 2. The number of ether oxygens (including phenoxy) is 10. The van der Waals surface area contributed by atoms with Crippen molar-refractivity contribution < 1.29 is 95.3 Å². The molecule has 0 bridgehead atoms. The zero-order valence-electron chi connectivity index (χ0n) is 50.7. The summed E-state index contributed by atoms with van der Waals surface area (Å²) in [7, 11) is 0. The van der Waals surface area contributed by atoms with Gasteiger partial charge in [0.2, 0.25) is 0 Å². The van der Waals surface area contributed by atoms with Gasteiger partial charge in [0.25, 0.3) is 0 Å². The van der Waals surface area contributed by atoms with Gasteiger partial charge in [-0.1, -0.05) is 88.6 Å². The third-order valence-corrected chi connectivity index (χ3v) is 17.1. The van der Waals surface area contributed by atoms with Crippen molar-refractivity contribution in [2.75, 3.05) is 39.6 Å². The number of carbonyl (C=O) groups is 10. The third kappa shape index (κ3) is 22.7. The molecule has 0 atom stereocenters. The van der Waals surface area contributed by atoms with Gasteiger partial charge in [-0.05, 0) is 98.9 Å². The van der Waals surface area contributed by atoms with Gasteiger partial charge in [-0.15, -0.1) is 0 Å². The van der Waals surface area contributed by atoms with Crippen LogP contribution in [0.1, 0.15) is 116 Å². The Bertz CT molecular complexity index is 3060. The van der Waals surface area contributed by atoms with Crippen LogP contribution in [-0.2, 0) is 89.2 Å². The second-order valence-electron chi connectivity index (χ2n) is 23.1. The molecule has 22 nitrogen and oxygen atoms in total. The van der Waals surface area contributed by atoms with Gasteiger partial charge in [0.1, 0.15) is 40.7 Å². The minimum absolute atomic E-state index is 0.0141. The fourth-order valence-electron chi connectivity index (χ4n) is 9.21. The van der Waals surface area contributed by atoms with Crippen LogP contribution in [-0.4, -0.2) is 99.3 Å². The van der Waals surface area contributed by atoms with Crippen LogP contribution in [0.15, 0.2) is 106 Å². The first-order valence-electron chi connectivity index (χ1n) is 29.3. The Morgan fingerprint density at radius 3 is 1.07 bits per heavy atom. The van der Waals surface area contributed by atoms with Crippen LogP contribution in [0, 0.1) is 57.2 Å². The predicted molar refractivity (Wildman–Crippen MR) is 322 cm³/mol. The molecule has 478 valence electrons. The van der Waals surface area contributed by atoms with E-state index >= 15 is 0 Å². The topological polar surface area (TPSA) is 311 Å². The molecule has 90 heavy (non-hydrogen) atoms. The van der Waals surface area contributed by atoms with E-state index in [0.29, 0.717) is 89.7 Å². The maximum absolute atomic E-state index is 13.7. The molecule has 2 saturated carbocycles. The molecule has 3 aromatic carbocycles. The smallest absolute Gasteiger partial charge is 0.330 e. The largest absolute Gasteiger partial charge is 0.465 e. The molecule has 0 unspecified atom stereocenters. The molecule has 0 saturated heterocycles. The van der Waals surface area contributed by atoms with Crippen LogP contribution in [0.25, 0.3) is 0 Å². The molecule has 0 radical (unpaired) electrons. The van der Waals surface area contributed by atoms with Crippen LogP contribution >= 0.6 is 23.5 Å². The summed E-state index contributed by atoms with van der Waals surface area (Å²) >= 11 is 2.10. The van der Waals surface area contributed by atoms with Crippen molar-refractivity contribution in [3.63, 3.8) is 0 Å². The monoisotopic (exact) mass is 1280 g/mol. The number of hydrogen-bond acceptors (Lipinski definition) is 24. The van der Waals surface area contributed by atoms with Gasteiger partial charge in [-0.2, -0.15) is 10.5 Å². The highest BCUT2D eigenvalue weighted by atomic mass is 32.2. The molecule has 0 amide bonds. The highest BCUT2D eigenvalue weighted by Crippen LogP contribution is 2.59. The number of rotatable bonds is 30. The second-order valence-corrected chi connectivity index (χ2v) is 25.4. The van der Waals surface area contributed by atoms with E-state index in [2.05, 4.69) is 13.2 Å². The minimum Gasteiger partial charge on any atom is -0.465 e. The van der Waals surface area contributed by atoms with E-state index in [1.54, 1.807) is 76.2 Å². The molecule has 3 aliphatic rings. The molecule has 2 aliphatic carbocycles. The Hall–Kier alpha value is -8.74. The molecule has 2 fully saturated rings. The third-order valence-electron chi connectivity index (χ3n) is 14.5. The van der Waals surface area contributed by atoms with Gasteiger partial charge in [0.05, 0.1) is 103 Å².